The van der Waals surface area contributed by atoms with Gasteiger partial charge in [0.05, 0.1) is 33.8 Å². The van der Waals surface area contributed by atoms with Gasteiger partial charge in [-0.25, -0.2) is 19.9 Å². The largest absolute Gasteiger partial charge is 0.232 e. The lowest BCUT2D eigenvalue weighted by molar-refractivity contribution is 0.745. The van der Waals surface area contributed by atoms with Gasteiger partial charge in [0, 0.05) is 27.8 Å². The lowest BCUT2D eigenvalue weighted by Crippen LogP contribution is -2.31. The maximum atomic E-state index is 10.5. The molecule has 6 nitrogen and oxygen atoms in total. The van der Waals surface area contributed by atoms with Crippen LogP contribution >= 0.6 is 0 Å². The van der Waals surface area contributed by atoms with Gasteiger partial charge in [0.1, 0.15) is 17.7 Å². The molecule has 282 valence electrons. The molecular formula is C54H36N6. The van der Waals surface area contributed by atoms with E-state index in [0.717, 1.165) is 50.1 Å². The highest BCUT2D eigenvalue weighted by Crippen LogP contribution is 2.46. The Labute approximate surface area is 349 Å². The molecule has 0 bridgehead atoms. The first-order chi connectivity index (χ1) is 29.6. The van der Waals surface area contributed by atoms with Crippen molar-refractivity contribution in [2.24, 2.45) is 0 Å². The molecule has 0 unspecified atom stereocenters. The second-order valence-electron chi connectivity index (χ2n) is 14.4. The van der Waals surface area contributed by atoms with E-state index in [1.165, 1.54) is 0 Å². The van der Waals surface area contributed by atoms with Crippen LogP contribution in [0.1, 0.15) is 39.1 Å². The van der Waals surface area contributed by atoms with E-state index in [1.54, 1.807) is 0 Å². The van der Waals surface area contributed by atoms with Crippen molar-refractivity contribution >= 4 is 0 Å². The third-order valence-electron chi connectivity index (χ3n) is 10.9. The van der Waals surface area contributed by atoms with Crippen molar-refractivity contribution in [1.29, 1.82) is 10.5 Å². The van der Waals surface area contributed by atoms with E-state index < -0.39 is 5.41 Å². The number of benzene rings is 7. The van der Waals surface area contributed by atoms with Crippen molar-refractivity contribution in [2.45, 2.75) is 12.3 Å². The number of nitrogens with zero attached hydrogens (tertiary/aromatic N) is 6. The van der Waals surface area contributed by atoms with Crippen LogP contribution in [0, 0.1) is 29.6 Å². The summed E-state index contributed by atoms with van der Waals surface area (Å²) in [4.78, 5) is 19.9. The Kier molecular flexibility index (Phi) is 10.1. The molecule has 0 N–H and O–H groups in total. The Morgan fingerprint density at radius 1 is 0.333 bits per heavy atom. The summed E-state index contributed by atoms with van der Waals surface area (Å²) in [5.74, 6) is 1.08. The van der Waals surface area contributed by atoms with Gasteiger partial charge >= 0.3 is 0 Å². The van der Waals surface area contributed by atoms with Crippen LogP contribution in [0.5, 0.6) is 0 Å². The Morgan fingerprint density at radius 2 is 0.633 bits per heavy atom. The first-order valence-corrected chi connectivity index (χ1v) is 19.7. The maximum absolute atomic E-state index is 10.5. The van der Waals surface area contributed by atoms with Gasteiger partial charge in [0.2, 0.25) is 0 Å². The number of nitriles is 2. The summed E-state index contributed by atoms with van der Waals surface area (Å²) in [6.07, 6.45) is 0. The van der Waals surface area contributed by atoms with Gasteiger partial charge in [0.25, 0.3) is 0 Å². The molecule has 0 saturated carbocycles. The first-order valence-electron chi connectivity index (χ1n) is 19.7. The average molecular weight is 769 g/mol. The Hall–Kier alpha value is -8.32. The minimum absolute atomic E-state index is 0.432. The number of aryl methyl sites for hydroxylation is 1. The summed E-state index contributed by atoms with van der Waals surface area (Å²) in [7, 11) is 0. The summed E-state index contributed by atoms with van der Waals surface area (Å²) in [5.41, 5.74) is 11.1. The minimum Gasteiger partial charge on any atom is -0.232 e. The molecule has 0 fully saturated rings. The lowest BCUT2D eigenvalue weighted by atomic mass is 9.65. The van der Waals surface area contributed by atoms with Crippen LogP contribution in [0.3, 0.4) is 0 Å². The highest BCUT2D eigenvalue weighted by Gasteiger charge is 2.38. The number of aromatic nitrogens is 4. The first kappa shape index (κ1) is 37.3. The molecule has 2 heterocycles. The fraction of sp³-hybridized carbons (Fsp3) is 0.0370. The normalized spacial score (nSPS) is 11.1. The van der Waals surface area contributed by atoms with E-state index in [9.17, 15) is 10.5 Å². The summed E-state index contributed by atoms with van der Waals surface area (Å²) < 4.78 is 0. The van der Waals surface area contributed by atoms with E-state index in [0.29, 0.717) is 45.6 Å². The minimum atomic E-state index is -0.730. The smallest absolute Gasteiger partial charge is 0.160 e. The zero-order valence-corrected chi connectivity index (χ0v) is 32.7. The van der Waals surface area contributed by atoms with Crippen LogP contribution in [0.25, 0.3) is 56.5 Å². The van der Waals surface area contributed by atoms with Gasteiger partial charge in [0.15, 0.2) is 11.6 Å². The molecular weight excluding hydrogens is 733 g/mol. The van der Waals surface area contributed by atoms with Crippen molar-refractivity contribution in [3.05, 3.63) is 239 Å². The van der Waals surface area contributed by atoms with E-state index >= 15 is 0 Å². The SMILES string of the molecule is Cc1nc(-c2ccc(C(c3ccccc3)(c3ccccc3)c3ccc(-c4nc(-c5ccccc5)c(C#N)c(-c5ccccc5)n4)cc3)cc2)nc(-c2ccccc2)c1C#N. The number of hydrogen-bond acceptors (Lipinski definition) is 6. The highest BCUT2D eigenvalue weighted by molar-refractivity contribution is 5.80. The fourth-order valence-corrected chi connectivity index (χ4v) is 8.06. The topological polar surface area (TPSA) is 99.1 Å². The van der Waals surface area contributed by atoms with Crippen LogP contribution in [0.4, 0.5) is 0 Å². The van der Waals surface area contributed by atoms with Crippen LogP contribution < -0.4 is 0 Å². The second kappa shape index (κ2) is 16.3. The summed E-state index contributed by atoms with van der Waals surface area (Å²) in [6.45, 7) is 1.86. The molecule has 9 aromatic rings. The van der Waals surface area contributed by atoms with Gasteiger partial charge in [-0.1, -0.05) is 200 Å². The number of rotatable bonds is 9. The van der Waals surface area contributed by atoms with Crippen LogP contribution in [-0.4, -0.2) is 19.9 Å². The summed E-state index contributed by atoms with van der Waals surface area (Å²) >= 11 is 0. The van der Waals surface area contributed by atoms with E-state index in [1.807, 2.05) is 110 Å². The number of hydrogen-bond donors (Lipinski definition) is 0. The van der Waals surface area contributed by atoms with Crippen molar-refractivity contribution in [3.63, 3.8) is 0 Å². The standard InChI is InChI=1S/C54H36N6/c1-37-47(35-55)49(38-17-7-2-8-18-38)58-52(57-37)41-27-31-45(32-28-41)54(43-23-13-5-14-24-43,44-25-15-6-16-26-44)46-33-29-42(30-34-46)53-59-50(39-19-9-3-10-20-39)48(36-56)51(60-53)40-21-11-4-12-22-40/h2-34H,1H3. The fourth-order valence-electron chi connectivity index (χ4n) is 8.06. The molecule has 7 aromatic carbocycles. The average Bonchev–Trinajstić information content (AvgIpc) is 3.33. The zero-order chi connectivity index (χ0) is 40.9. The molecule has 0 aliphatic carbocycles. The summed E-state index contributed by atoms with van der Waals surface area (Å²) in [5, 5.41) is 20.5. The Balaban J connectivity index is 1.20. The predicted octanol–water partition coefficient (Wildman–Crippen LogP) is 12.0. The summed E-state index contributed by atoms with van der Waals surface area (Å²) in [6, 6.07) is 72.2. The zero-order valence-electron chi connectivity index (χ0n) is 32.7. The predicted molar refractivity (Wildman–Crippen MR) is 237 cm³/mol. The third-order valence-corrected chi connectivity index (χ3v) is 10.9. The molecule has 60 heavy (non-hydrogen) atoms. The Morgan fingerprint density at radius 3 is 0.983 bits per heavy atom. The molecule has 0 atom stereocenters. The van der Waals surface area contributed by atoms with Crippen molar-refractivity contribution in [2.75, 3.05) is 0 Å². The molecule has 0 radical (unpaired) electrons. The molecule has 0 aliphatic rings. The monoisotopic (exact) mass is 768 g/mol. The Bertz CT molecular complexity index is 2910. The molecule has 0 spiro atoms. The molecule has 2 aromatic heterocycles. The molecule has 6 heteroatoms. The van der Waals surface area contributed by atoms with Crippen molar-refractivity contribution < 1.29 is 0 Å². The highest BCUT2D eigenvalue weighted by atomic mass is 14.9. The lowest BCUT2D eigenvalue weighted by Gasteiger charge is -2.37. The van der Waals surface area contributed by atoms with Gasteiger partial charge in [-0.3, -0.25) is 0 Å². The van der Waals surface area contributed by atoms with Crippen LogP contribution in [0.15, 0.2) is 200 Å². The molecule has 0 saturated heterocycles. The van der Waals surface area contributed by atoms with Gasteiger partial charge in [-0.05, 0) is 29.2 Å². The van der Waals surface area contributed by atoms with Gasteiger partial charge in [-0.2, -0.15) is 10.5 Å². The maximum Gasteiger partial charge on any atom is 0.160 e. The molecule has 0 aliphatic heterocycles. The van der Waals surface area contributed by atoms with Crippen molar-refractivity contribution in [3.8, 4) is 68.7 Å². The second-order valence-corrected chi connectivity index (χ2v) is 14.4. The third kappa shape index (κ3) is 6.79. The van der Waals surface area contributed by atoms with Gasteiger partial charge in [-0.15, -0.1) is 0 Å². The molecule has 0 amide bonds. The van der Waals surface area contributed by atoms with E-state index in [-0.39, 0.29) is 0 Å². The van der Waals surface area contributed by atoms with Crippen LogP contribution in [-0.2, 0) is 5.41 Å². The quantitative estimate of drug-likeness (QED) is 0.136. The van der Waals surface area contributed by atoms with E-state index in [4.69, 9.17) is 19.9 Å². The van der Waals surface area contributed by atoms with Crippen LogP contribution in [0.2, 0.25) is 0 Å². The van der Waals surface area contributed by atoms with Gasteiger partial charge < -0.3 is 0 Å². The van der Waals surface area contributed by atoms with E-state index in [2.05, 4.69) is 109 Å². The molecule has 9 rings (SSSR count). The van der Waals surface area contributed by atoms with Crippen molar-refractivity contribution in [1.82, 2.24) is 19.9 Å².